The van der Waals surface area contributed by atoms with Gasteiger partial charge in [-0.2, -0.15) is 0 Å². The van der Waals surface area contributed by atoms with Crippen molar-refractivity contribution < 1.29 is 9.59 Å². The van der Waals surface area contributed by atoms with Gasteiger partial charge in [0.1, 0.15) is 0 Å². The number of benzene rings is 1. The molecule has 2 heterocycles. The fourth-order valence-electron chi connectivity index (χ4n) is 3.54. The van der Waals surface area contributed by atoms with Crippen LogP contribution in [0.2, 0.25) is 10.0 Å². The Balaban J connectivity index is 1.98. The summed E-state index contributed by atoms with van der Waals surface area (Å²) in [6, 6.07) is 7.14. The summed E-state index contributed by atoms with van der Waals surface area (Å²) in [5.74, 6) is -0.181. The van der Waals surface area contributed by atoms with Gasteiger partial charge in [0, 0.05) is 34.4 Å². The molecule has 1 aromatic heterocycles. The second-order valence-corrected chi connectivity index (χ2v) is 8.79. The van der Waals surface area contributed by atoms with E-state index in [1.54, 1.807) is 28.4 Å². The smallest absolute Gasteiger partial charge is 0.243 e. The predicted molar refractivity (Wildman–Crippen MR) is 111 cm³/mol. The Morgan fingerprint density at radius 1 is 1.26 bits per heavy atom. The molecule has 1 unspecified atom stereocenters. The second-order valence-electron chi connectivity index (χ2n) is 6.95. The summed E-state index contributed by atoms with van der Waals surface area (Å²) in [6.07, 6.45) is 0.808. The van der Waals surface area contributed by atoms with E-state index in [9.17, 15) is 9.59 Å². The quantitative estimate of drug-likeness (QED) is 0.707. The van der Waals surface area contributed by atoms with Crippen LogP contribution >= 0.6 is 34.5 Å². The summed E-state index contributed by atoms with van der Waals surface area (Å²) >= 11 is 14.3. The topological polar surface area (TPSA) is 40.6 Å². The molecule has 0 saturated heterocycles. The van der Waals surface area contributed by atoms with Crippen molar-refractivity contribution in [3.8, 4) is 0 Å². The number of thiophene rings is 1. The number of amides is 2. The largest absolute Gasteiger partial charge is 0.331 e. The van der Waals surface area contributed by atoms with E-state index in [0.717, 1.165) is 17.5 Å². The van der Waals surface area contributed by atoms with E-state index < -0.39 is 0 Å². The molecule has 2 amide bonds. The molecule has 0 radical (unpaired) electrons. The highest BCUT2D eigenvalue weighted by molar-refractivity contribution is 7.10. The highest BCUT2D eigenvalue weighted by Crippen LogP contribution is 2.41. The van der Waals surface area contributed by atoms with Gasteiger partial charge in [-0.25, -0.2) is 0 Å². The third-order valence-electron chi connectivity index (χ3n) is 4.88. The fraction of sp³-hybridized carbons (Fsp3) is 0.400. The zero-order valence-corrected chi connectivity index (χ0v) is 17.9. The molecule has 0 aliphatic carbocycles. The zero-order valence-electron chi connectivity index (χ0n) is 15.5. The van der Waals surface area contributed by atoms with Crippen LogP contribution < -0.4 is 0 Å². The third kappa shape index (κ3) is 4.15. The maximum atomic E-state index is 13.2. The third-order valence-corrected chi connectivity index (χ3v) is 6.44. The Bertz CT molecular complexity index is 865. The van der Waals surface area contributed by atoms with Gasteiger partial charge in [-0.05, 0) is 55.0 Å². The predicted octanol–water partition coefficient (Wildman–Crippen LogP) is 4.79. The van der Waals surface area contributed by atoms with Crippen LogP contribution in [0.3, 0.4) is 0 Å². The minimum absolute atomic E-state index is 0.0366. The van der Waals surface area contributed by atoms with E-state index in [1.165, 1.54) is 11.8 Å². The van der Waals surface area contributed by atoms with Crippen molar-refractivity contribution >= 4 is 46.4 Å². The number of hydrogen-bond acceptors (Lipinski definition) is 3. The Morgan fingerprint density at radius 3 is 2.63 bits per heavy atom. The van der Waals surface area contributed by atoms with Crippen LogP contribution in [0.4, 0.5) is 0 Å². The molecule has 1 aromatic carbocycles. The second kappa shape index (κ2) is 8.21. The minimum atomic E-state index is -0.266. The molecule has 0 spiro atoms. The Hall–Kier alpha value is -1.56. The van der Waals surface area contributed by atoms with Gasteiger partial charge in [0.05, 0.1) is 12.6 Å². The molecule has 2 aromatic rings. The van der Waals surface area contributed by atoms with E-state index in [-0.39, 0.29) is 30.4 Å². The van der Waals surface area contributed by atoms with Crippen LogP contribution in [0.5, 0.6) is 0 Å². The molecular formula is C20H22Cl2N2O2S. The maximum Gasteiger partial charge on any atom is 0.243 e. The van der Waals surface area contributed by atoms with E-state index >= 15 is 0 Å². The monoisotopic (exact) mass is 424 g/mol. The molecule has 144 valence electrons. The lowest BCUT2D eigenvalue weighted by Crippen LogP contribution is -2.48. The SMILES string of the molecule is CC(=O)N(CC(=O)N1CCc2sccc2C1c1ccc(Cl)cc1Cl)C(C)C. The van der Waals surface area contributed by atoms with Crippen LogP contribution in [0.1, 0.15) is 42.8 Å². The van der Waals surface area contributed by atoms with Crippen LogP contribution in [-0.4, -0.2) is 40.7 Å². The maximum absolute atomic E-state index is 13.2. The van der Waals surface area contributed by atoms with Gasteiger partial charge in [-0.1, -0.05) is 29.3 Å². The highest BCUT2D eigenvalue weighted by Gasteiger charge is 2.35. The number of carbonyl (C=O) groups excluding carboxylic acids is 2. The summed E-state index contributed by atoms with van der Waals surface area (Å²) in [6.45, 7) is 5.98. The van der Waals surface area contributed by atoms with E-state index in [2.05, 4.69) is 6.07 Å². The summed E-state index contributed by atoms with van der Waals surface area (Å²) in [5, 5.41) is 3.15. The highest BCUT2D eigenvalue weighted by atomic mass is 35.5. The van der Waals surface area contributed by atoms with Crippen molar-refractivity contribution in [2.45, 2.75) is 39.3 Å². The van der Waals surface area contributed by atoms with Crippen molar-refractivity contribution in [2.24, 2.45) is 0 Å². The van der Waals surface area contributed by atoms with Crippen molar-refractivity contribution in [3.63, 3.8) is 0 Å². The summed E-state index contributed by atoms with van der Waals surface area (Å²) < 4.78 is 0. The minimum Gasteiger partial charge on any atom is -0.331 e. The number of nitrogens with zero attached hydrogens (tertiary/aromatic N) is 2. The lowest BCUT2D eigenvalue weighted by atomic mass is 9.93. The standard InChI is InChI=1S/C20H22Cl2N2O2S/c1-12(2)24(13(3)25)11-19(26)23-8-6-18-16(7-9-27-18)20(23)15-5-4-14(21)10-17(15)22/h4-5,7,9-10,12,20H,6,8,11H2,1-3H3. The molecule has 1 atom stereocenters. The Kier molecular flexibility index (Phi) is 6.14. The number of fused-ring (bicyclic) bond motifs is 1. The van der Waals surface area contributed by atoms with Crippen LogP contribution in [0.25, 0.3) is 0 Å². The van der Waals surface area contributed by atoms with Gasteiger partial charge < -0.3 is 9.80 Å². The Morgan fingerprint density at radius 2 is 2.00 bits per heavy atom. The van der Waals surface area contributed by atoms with Gasteiger partial charge in [-0.3, -0.25) is 9.59 Å². The molecule has 7 heteroatoms. The summed E-state index contributed by atoms with van der Waals surface area (Å²) in [4.78, 5) is 29.8. The number of hydrogen-bond donors (Lipinski definition) is 0. The first-order chi connectivity index (χ1) is 12.8. The Labute approximate surface area is 173 Å². The first-order valence-corrected chi connectivity index (χ1v) is 10.5. The zero-order chi connectivity index (χ0) is 19.7. The van der Waals surface area contributed by atoms with Gasteiger partial charge in [0.2, 0.25) is 11.8 Å². The molecule has 0 fully saturated rings. The first-order valence-electron chi connectivity index (χ1n) is 8.87. The van der Waals surface area contributed by atoms with Crippen molar-refractivity contribution in [1.82, 2.24) is 9.80 Å². The molecule has 1 aliphatic rings. The normalized spacial score (nSPS) is 16.4. The molecule has 0 saturated carbocycles. The fourth-order valence-corrected chi connectivity index (χ4v) is 4.95. The van der Waals surface area contributed by atoms with Crippen molar-refractivity contribution in [1.29, 1.82) is 0 Å². The molecule has 27 heavy (non-hydrogen) atoms. The molecule has 4 nitrogen and oxygen atoms in total. The molecular weight excluding hydrogens is 403 g/mol. The molecule has 0 N–H and O–H groups in total. The van der Waals surface area contributed by atoms with Gasteiger partial charge >= 0.3 is 0 Å². The average Bonchev–Trinajstić information content (AvgIpc) is 3.07. The van der Waals surface area contributed by atoms with Gasteiger partial charge in [-0.15, -0.1) is 11.3 Å². The summed E-state index contributed by atoms with van der Waals surface area (Å²) in [5.41, 5.74) is 1.95. The summed E-state index contributed by atoms with van der Waals surface area (Å²) in [7, 11) is 0. The average molecular weight is 425 g/mol. The van der Waals surface area contributed by atoms with E-state index in [1.807, 2.05) is 30.2 Å². The van der Waals surface area contributed by atoms with E-state index in [0.29, 0.717) is 16.6 Å². The van der Waals surface area contributed by atoms with E-state index in [4.69, 9.17) is 23.2 Å². The van der Waals surface area contributed by atoms with Crippen molar-refractivity contribution in [3.05, 3.63) is 55.7 Å². The molecule has 1 aliphatic heterocycles. The number of halogens is 2. The first kappa shape index (κ1) is 20.2. The van der Waals surface area contributed by atoms with Crippen LogP contribution in [-0.2, 0) is 16.0 Å². The molecule has 0 bridgehead atoms. The van der Waals surface area contributed by atoms with Crippen molar-refractivity contribution in [2.75, 3.05) is 13.1 Å². The molecule has 3 rings (SSSR count). The number of carbonyl (C=O) groups is 2. The van der Waals surface area contributed by atoms with Crippen LogP contribution in [0, 0.1) is 0 Å². The van der Waals surface area contributed by atoms with Gasteiger partial charge in [0.15, 0.2) is 0 Å². The van der Waals surface area contributed by atoms with Crippen LogP contribution in [0.15, 0.2) is 29.6 Å². The number of rotatable bonds is 4. The van der Waals surface area contributed by atoms with Gasteiger partial charge in [0.25, 0.3) is 0 Å². The lowest BCUT2D eigenvalue weighted by Gasteiger charge is -2.38. The lowest BCUT2D eigenvalue weighted by molar-refractivity contribution is -0.142.